The fraction of sp³-hybridized carbons (Fsp3) is 0.571. The maximum Gasteiger partial charge on any atom is 0.128 e. The molecule has 1 aromatic carbocycles. The van der Waals surface area contributed by atoms with Crippen molar-refractivity contribution in [1.82, 2.24) is 5.32 Å². The van der Waals surface area contributed by atoms with Gasteiger partial charge in [0.2, 0.25) is 0 Å². The first-order valence-electron chi connectivity index (χ1n) is 6.17. The number of rotatable bonds is 6. The third-order valence-electron chi connectivity index (χ3n) is 2.68. The van der Waals surface area contributed by atoms with Crippen LogP contribution in [0.1, 0.15) is 32.8 Å². The van der Waals surface area contributed by atoms with Crippen LogP contribution in [0.25, 0.3) is 0 Å². The van der Waals surface area contributed by atoms with Gasteiger partial charge >= 0.3 is 0 Å². The molecule has 1 atom stereocenters. The first-order valence-corrected chi connectivity index (χ1v) is 6.96. The van der Waals surface area contributed by atoms with Gasteiger partial charge in [0.1, 0.15) is 5.82 Å². The van der Waals surface area contributed by atoms with Gasteiger partial charge in [-0.25, -0.2) is 4.39 Å². The summed E-state index contributed by atoms with van der Waals surface area (Å²) in [6.07, 6.45) is 0.725. The SMILES string of the molecule is CC(C)CC(C)(O)CNCc1ccc(Br)cc1F. The van der Waals surface area contributed by atoms with Crippen molar-refractivity contribution in [3.63, 3.8) is 0 Å². The molecule has 0 amide bonds. The lowest BCUT2D eigenvalue weighted by Crippen LogP contribution is -2.38. The molecule has 0 aliphatic heterocycles. The molecule has 4 heteroatoms. The third kappa shape index (κ3) is 5.46. The third-order valence-corrected chi connectivity index (χ3v) is 3.18. The largest absolute Gasteiger partial charge is 0.389 e. The van der Waals surface area contributed by atoms with Crippen LogP contribution in [-0.2, 0) is 6.54 Å². The Morgan fingerprint density at radius 1 is 1.44 bits per heavy atom. The van der Waals surface area contributed by atoms with E-state index in [1.165, 1.54) is 6.07 Å². The van der Waals surface area contributed by atoms with Crippen LogP contribution in [0.4, 0.5) is 4.39 Å². The second-order valence-corrected chi connectivity index (χ2v) is 6.35. The number of hydrogen-bond acceptors (Lipinski definition) is 2. The smallest absolute Gasteiger partial charge is 0.128 e. The van der Waals surface area contributed by atoms with Gasteiger partial charge in [0, 0.05) is 23.1 Å². The van der Waals surface area contributed by atoms with E-state index in [-0.39, 0.29) is 5.82 Å². The molecule has 1 aromatic rings. The van der Waals surface area contributed by atoms with Crippen molar-refractivity contribution in [3.8, 4) is 0 Å². The summed E-state index contributed by atoms with van der Waals surface area (Å²) in [4.78, 5) is 0. The predicted molar refractivity (Wildman–Crippen MR) is 75.9 cm³/mol. The van der Waals surface area contributed by atoms with E-state index >= 15 is 0 Å². The lowest BCUT2D eigenvalue weighted by atomic mass is 9.94. The van der Waals surface area contributed by atoms with Crippen LogP contribution in [0.15, 0.2) is 22.7 Å². The zero-order valence-corrected chi connectivity index (χ0v) is 12.7. The molecular weight excluding hydrogens is 297 g/mol. The van der Waals surface area contributed by atoms with Gasteiger partial charge in [-0.1, -0.05) is 35.8 Å². The Morgan fingerprint density at radius 3 is 2.67 bits per heavy atom. The standard InChI is InChI=1S/C14H21BrFNO/c1-10(2)7-14(3,18)9-17-8-11-4-5-12(15)6-13(11)16/h4-6,10,17-18H,7-9H2,1-3H3. The predicted octanol–water partition coefficient (Wildman–Crippen LogP) is 3.47. The maximum atomic E-state index is 13.5. The van der Waals surface area contributed by atoms with Gasteiger partial charge in [-0.2, -0.15) is 0 Å². The molecule has 0 saturated heterocycles. The van der Waals surface area contributed by atoms with Crippen LogP contribution < -0.4 is 5.32 Å². The van der Waals surface area contributed by atoms with E-state index in [0.29, 0.717) is 24.6 Å². The summed E-state index contributed by atoms with van der Waals surface area (Å²) in [6, 6.07) is 5.00. The normalized spacial score (nSPS) is 14.8. The first-order chi connectivity index (χ1) is 8.30. The minimum atomic E-state index is -0.750. The van der Waals surface area contributed by atoms with Gasteiger partial charge < -0.3 is 10.4 Å². The lowest BCUT2D eigenvalue weighted by molar-refractivity contribution is 0.0382. The second-order valence-electron chi connectivity index (χ2n) is 5.43. The molecule has 0 heterocycles. The summed E-state index contributed by atoms with van der Waals surface area (Å²) in [5, 5.41) is 13.2. The minimum absolute atomic E-state index is 0.236. The summed E-state index contributed by atoms with van der Waals surface area (Å²) in [5.41, 5.74) is -0.140. The summed E-state index contributed by atoms with van der Waals surface area (Å²) in [5.74, 6) is 0.201. The first kappa shape index (κ1) is 15.6. The molecule has 0 fully saturated rings. The monoisotopic (exact) mass is 317 g/mol. The molecule has 102 valence electrons. The minimum Gasteiger partial charge on any atom is -0.389 e. The second kappa shape index (κ2) is 6.64. The molecular formula is C14H21BrFNO. The van der Waals surface area contributed by atoms with E-state index in [1.54, 1.807) is 13.0 Å². The summed E-state index contributed by atoms with van der Waals surface area (Å²) < 4.78 is 14.3. The lowest BCUT2D eigenvalue weighted by Gasteiger charge is -2.25. The molecule has 0 aliphatic carbocycles. The van der Waals surface area contributed by atoms with E-state index in [9.17, 15) is 9.50 Å². The van der Waals surface area contributed by atoms with Crippen LogP contribution in [0.3, 0.4) is 0 Å². The van der Waals surface area contributed by atoms with Crippen molar-refractivity contribution in [2.24, 2.45) is 5.92 Å². The zero-order valence-electron chi connectivity index (χ0n) is 11.1. The van der Waals surface area contributed by atoms with Crippen molar-refractivity contribution >= 4 is 15.9 Å². The zero-order chi connectivity index (χ0) is 13.8. The summed E-state index contributed by atoms with van der Waals surface area (Å²) >= 11 is 3.22. The van der Waals surface area contributed by atoms with Crippen molar-refractivity contribution in [3.05, 3.63) is 34.1 Å². The van der Waals surface area contributed by atoms with Crippen molar-refractivity contribution in [2.75, 3.05) is 6.54 Å². The summed E-state index contributed by atoms with van der Waals surface area (Å²) in [6.45, 7) is 6.83. The topological polar surface area (TPSA) is 32.3 Å². The highest BCUT2D eigenvalue weighted by Crippen LogP contribution is 2.17. The van der Waals surface area contributed by atoms with E-state index < -0.39 is 5.60 Å². The van der Waals surface area contributed by atoms with Crippen molar-refractivity contribution in [2.45, 2.75) is 39.3 Å². The Kier molecular flexibility index (Phi) is 5.76. The molecule has 0 aromatic heterocycles. The van der Waals surface area contributed by atoms with Gasteiger partial charge in [0.05, 0.1) is 5.60 Å². The Bertz CT molecular complexity index is 393. The van der Waals surface area contributed by atoms with Crippen molar-refractivity contribution < 1.29 is 9.50 Å². The van der Waals surface area contributed by atoms with Crippen molar-refractivity contribution in [1.29, 1.82) is 0 Å². The fourth-order valence-corrected chi connectivity index (χ4v) is 2.42. The average Bonchev–Trinajstić information content (AvgIpc) is 2.19. The van der Waals surface area contributed by atoms with E-state index in [4.69, 9.17) is 0 Å². The molecule has 18 heavy (non-hydrogen) atoms. The van der Waals surface area contributed by atoms with Crippen LogP contribution >= 0.6 is 15.9 Å². The van der Waals surface area contributed by atoms with Gasteiger partial charge in [-0.05, 0) is 31.4 Å². The molecule has 1 rings (SSSR count). The molecule has 0 bridgehead atoms. The molecule has 0 spiro atoms. The Labute approximate surface area is 117 Å². The van der Waals surface area contributed by atoms with Crippen LogP contribution in [0.5, 0.6) is 0 Å². The highest BCUT2D eigenvalue weighted by atomic mass is 79.9. The molecule has 1 unspecified atom stereocenters. The van der Waals surface area contributed by atoms with Gasteiger partial charge in [0.25, 0.3) is 0 Å². The Hall–Kier alpha value is -0.450. The molecule has 0 aliphatic rings. The average molecular weight is 318 g/mol. The number of halogens is 2. The number of benzene rings is 1. The van der Waals surface area contributed by atoms with E-state index in [1.807, 2.05) is 6.07 Å². The molecule has 2 N–H and O–H groups in total. The fourth-order valence-electron chi connectivity index (χ4n) is 2.08. The molecule has 0 saturated carbocycles. The van der Waals surface area contributed by atoms with Crippen LogP contribution in [-0.4, -0.2) is 17.3 Å². The number of aliphatic hydroxyl groups is 1. The number of hydrogen-bond donors (Lipinski definition) is 2. The number of nitrogens with one attached hydrogen (secondary N) is 1. The van der Waals surface area contributed by atoms with Crippen LogP contribution in [0.2, 0.25) is 0 Å². The molecule has 0 radical (unpaired) electrons. The quantitative estimate of drug-likeness (QED) is 0.842. The van der Waals surface area contributed by atoms with Gasteiger partial charge in [-0.15, -0.1) is 0 Å². The Morgan fingerprint density at radius 2 is 2.11 bits per heavy atom. The highest BCUT2D eigenvalue weighted by Gasteiger charge is 2.21. The highest BCUT2D eigenvalue weighted by molar-refractivity contribution is 9.10. The molecule has 2 nitrogen and oxygen atoms in total. The maximum absolute atomic E-state index is 13.5. The van der Waals surface area contributed by atoms with Crippen LogP contribution in [0, 0.1) is 11.7 Å². The van der Waals surface area contributed by atoms with Gasteiger partial charge in [0.15, 0.2) is 0 Å². The van der Waals surface area contributed by atoms with E-state index in [2.05, 4.69) is 35.1 Å². The summed E-state index contributed by atoms with van der Waals surface area (Å²) in [7, 11) is 0. The van der Waals surface area contributed by atoms with Gasteiger partial charge in [-0.3, -0.25) is 0 Å². The Balaban J connectivity index is 2.46. The van der Waals surface area contributed by atoms with E-state index in [0.717, 1.165) is 10.9 Å².